The van der Waals surface area contributed by atoms with Gasteiger partial charge < -0.3 is 24.4 Å². The number of carbonyl (C=O) groups excluding carboxylic acids is 2. The topological polar surface area (TPSA) is 80.3 Å². The number of halogens is 1. The first-order valence-electron chi connectivity index (χ1n) is 9.82. The van der Waals surface area contributed by atoms with Gasteiger partial charge in [-0.15, -0.1) is 0 Å². The van der Waals surface area contributed by atoms with Crippen molar-refractivity contribution in [2.24, 2.45) is 0 Å². The van der Waals surface area contributed by atoms with Gasteiger partial charge in [-0.3, -0.25) is 14.5 Å². The molecular formula is C22H26FN3O5. The van der Waals surface area contributed by atoms with Crippen molar-refractivity contribution in [3.05, 3.63) is 47.8 Å². The molecule has 0 unspecified atom stereocenters. The lowest BCUT2D eigenvalue weighted by molar-refractivity contribution is -0.117. The SMILES string of the molecule is COc1cc(C(=O)N2CCN(CC(=O)Nc3ccc(F)cc3)CC2)cc(OC)c1OC. The molecule has 0 radical (unpaired) electrons. The largest absolute Gasteiger partial charge is 0.493 e. The van der Waals surface area contributed by atoms with Gasteiger partial charge in [0.05, 0.1) is 27.9 Å². The Morgan fingerprint density at radius 2 is 1.52 bits per heavy atom. The van der Waals surface area contributed by atoms with Crippen LogP contribution >= 0.6 is 0 Å². The van der Waals surface area contributed by atoms with Crippen molar-refractivity contribution < 1.29 is 28.2 Å². The number of piperazine rings is 1. The minimum Gasteiger partial charge on any atom is -0.493 e. The van der Waals surface area contributed by atoms with Gasteiger partial charge in [-0.05, 0) is 36.4 Å². The summed E-state index contributed by atoms with van der Waals surface area (Å²) < 4.78 is 28.9. The molecule has 1 fully saturated rings. The van der Waals surface area contributed by atoms with Gasteiger partial charge in [0.25, 0.3) is 5.91 Å². The van der Waals surface area contributed by atoms with Crippen LogP contribution in [0.5, 0.6) is 17.2 Å². The number of amides is 2. The number of methoxy groups -OCH3 is 3. The van der Waals surface area contributed by atoms with Crippen LogP contribution in [0.1, 0.15) is 10.4 Å². The maximum absolute atomic E-state index is 13.0. The van der Waals surface area contributed by atoms with Crippen molar-refractivity contribution >= 4 is 17.5 Å². The van der Waals surface area contributed by atoms with Crippen molar-refractivity contribution in [2.75, 3.05) is 59.4 Å². The summed E-state index contributed by atoms with van der Waals surface area (Å²) in [5.74, 6) is 0.581. The number of rotatable bonds is 7. The molecule has 2 aromatic rings. The Labute approximate surface area is 180 Å². The molecule has 0 bridgehead atoms. The molecule has 31 heavy (non-hydrogen) atoms. The third-order valence-electron chi connectivity index (χ3n) is 5.07. The highest BCUT2D eigenvalue weighted by atomic mass is 19.1. The fraction of sp³-hybridized carbons (Fsp3) is 0.364. The van der Waals surface area contributed by atoms with Gasteiger partial charge in [-0.1, -0.05) is 0 Å². The highest BCUT2D eigenvalue weighted by Gasteiger charge is 2.25. The number of nitrogens with one attached hydrogen (secondary N) is 1. The van der Waals surface area contributed by atoms with Crippen molar-refractivity contribution in [3.63, 3.8) is 0 Å². The van der Waals surface area contributed by atoms with E-state index in [1.807, 2.05) is 4.90 Å². The lowest BCUT2D eigenvalue weighted by Crippen LogP contribution is -2.50. The molecule has 2 aromatic carbocycles. The fourth-order valence-corrected chi connectivity index (χ4v) is 3.43. The summed E-state index contributed by atoms with van der Waals surface area (Å²) in [5, 5.41) is 2.74. The molecule has 0 saturated carbocycles. The van der Waals surface area contributed by atoms with E-state index in [4.69, 9.17) is 14.2 Å². The Balaban J connectivity index is 1.57. The van der Waals surface area contributed by atoms with Crippen LogP contribution in [0.25, 0.3) is 0 Å². The molecule has 0 spiro atoms. The molecule has 9 heteroatoms. The monoisotopic (exact) mass is 431 g/mol. The van der Waals surface area contributed by atoms with Gasteiger partial charge in [0.1, 0.15) is 5.82 Å². The second-order valence-corrected chi connectivity index (χ2v) is 7.04. The Kier molecular flexibility index (Phi) is 7.30. The molecule has 3 rings (SSSR count). The molecule has 166 valence electrons. The van der Waals surface area contributed by atoms with Crippen molar-refractivity contribution in [1.29, 1.82) is 0 Å². The predicted octanol–water partition coefficient (Wildman–Crippen LogP) is 2.25. The maximum atomic E-state index is 13.0. The second-order valence-electron chi connectivity index (χ2n) is 7.04. The lowest BCUT2D eigenvalue weighted by Gasteiger charge is -2.34. The molecule has 1 aliphatic rings. The van der Waals surface area contributed by atoms with Crippen LogP contribution in [0.15, 0.2) is 36.4 Å². The summed E-state index contributed by atoms with van der Waals surface area (Å²) in [5.41, 5.74) is 0.986. The van der Waals surface area contributed by atoms with Crippen LogP contribution in [0.2, 0.25) is 0 Å². The Hall–Kier alpha value is -3.33. The van der Waals surface area contributed by atoms with Crippen LogP contribution in [0.4, 0.5) is 10.1 Å². The highest BCUT2D eigenvalue weighted by molar-refractivity contribution is 5.96. The fourth-order valence-electron chi connectivity index (χ4n) is 3.43. The summed E-state index contributed by atoms with van der Waals surface area (Å²) in [7, 11) is 4.51. The first kappa shape index (κ1) is 22.4. The third-order valence-corrected chi connectivity index (χ3v) is 5.07. The molecule has 1 aliphatic heterocycles. The van der Waals surface area contributed by atoms with Gasteiger partial charge >= 0.3 is 0 Å². The van der Waals surface area contributed by atoms with E-state index in [1.165, 1.54) is 45.6 Å². The van der Waals surface area contributed by atoms with Gasteiger partial charge in [0.2, 0.25) is 11.7 Å². The molecule has 0 aromatic heterocycles. The van der Waals surface area contributed by atoms with Gasteiger partial charge in [-0.25, -0.2) is 4.39 Å². The van der Waals surface area contributed by atoms with E-state index < -0.39 is 0 Å². The van der Waals surface area contributed by atoms with Crippen molar-refractivity contribution in [1.82, 2.24) is 9.80 Å². The number of hydrogen-bond donors (Lipinski definition) is 1. The average Bonchev–Trinajstić information content (AvgIpc) is 2.79. The smallest absolute Gasteiger partial charge is 0.254 e. The molecule has 2 amide bonds. The summed E-state index contributed by atoms with van der Waals surface area (Å²) in [6.07, 6.45) is 0. The molecule has 0 atom stereocenters. The number of carbonyl (C=O) groups is 2. The Morgan fingerprint density at radius 1 is 0.935 bits per heavy atom. The molecule has 1 heterocycles. The first-order chi connectivity index (χ1) is 14.9. The van der Waals surface area contributed by atoms with Gasteiger partial charge in [0.15, 0.2) is 11.5 Å². The van der Waals surface area contributed by atoms with Gasteiger partial charge in [-0.2, -0.15) is 0 Å². The average molecular weight is 431 g/mol. The number of ether oxygens (including phenoxy) is 3. The van der Waals surface area contributed by atoms with E-state index in [0.717, 1.165) is 0 Å². The minimum absolute atomic E-state index is 0.144. The zero-order valence-electron chi connectivity index (χ0n) is 17.8. The van der Waals surface area contributed by atoms with Crippen LogP contribution < -0.4 is 19.5 Å². The highest BCUT2D eigenvalue weighted by Crippen LogP contribution is 2.38. The maximum Gasteiger partial charge on any atom is 0.254 e. The van der Waals surface area contributed by atoms with E-state index in [1.54, 1.807) is 17.0 Å². The zero-order chi connectivity index (χ0) is 22.4. The van der Waals surface area contributed by atoms with Crippen LogP contribution in [0.3, 0.4) is 0 Å². The number of anilines is 1. The quantitative estimate of drug-likeness (QED) is 0.724. The zero-order valence-corrected chi connectivity index (χ0v) is 17.8. The van der Waals surface area contributed by atoms with Crippen LogP contribution in [0, 0.1) is 5.82 Å². The predicted molar refractivity (Wildman–Crippen MR) is 113 cm³/mol. The Morgan fingerprint density at radius 3 is 2.03 bits per heavy atom. The summed E-state index contributed by atoms with van der Waals surface area (Å²) in [6.45, 7) is 2.29. The Bertz CT molecular complexity index is 902. The van der Waals surface area contributed by atoms with Crippen LogP contribution in [-0.4, -0.2) is 75.7 Å². The van der Waals surface area contributed by atoms with E-state index in [0.29, 0.717) is 54.7 Å². The lowest BCUT2D eigenvalue weighted by atomic mass is 10.1. The first-order valence-corrected chi connectivity index (χ1v) is 9.82. The second kappa shape index (κ2) is 10.1. The minimum atomic E-state index is -0.356. The van der Waals surface area contributed by atoms with E-state index in [2.05, 4.69) is 5.32 Å². The van der Waals surface area contributed by atoms with E-state index in [9.17, 15) is 14.0 Å². The third kappa shape index (κ3) is 5.43. The molecule has 8 nitrogen and oxygen atoms in total. The molecule has 1 N–H and O–H groups in total. The van der Waals surface area contributed by atoms with Crippen molar-refractivity contribution in [3.8, 4) is 17.2 Å². The normalized spacial score (nSPS) is 14.1. The number of benzene rings is 2. The molecule has 1 saturated heterocycles. The van der Waals surface area contributed by atoms with Crippen LogP contribution in [-0.2, 0) is 4.79 Å². The summed E-state index contributed by atoms with van der Waals surface area (Å²) in [4.78, 5) is 28.9. The molecular weight excluding hydrogens is 405 g/mol. The summed E-state index contributed by atoms with van der Waals surface area (Å²) in [6, 6.07) is 8.88. The summed E-state index contributed by atoms with van der Waals surface area (Å²) >= 11 is 0. The number of nitrogens with zero attached hydrogens (tertiary/aromatic N) is 2. The van der Waals surface area contributed by atoms with E-state index >= 15 is 0 Å². The number of hydrogen-bond acceptors (Lipinski definition) is 6. The standard InChI is InChI=1S/C22H26FN3O5/c1-29-18-12-15(13-19(30-2)21(18)31-3)22(28)26-10-8-25(9-11-26)14-20(27)24-17-6-4-16(23)5-7-17/h4-7,12-13H,8-11,14H2,1-3H3,(H,24,27). The van der Waals surface area contributed by atoms with Crippen molar-refractivity contribution in [2.45, 2.75) is 0 Å². The molecule has 0 aliphatic carbocycles. The van der Waals surface area contributed by atoms with E-state index in [-0.39, 0.29) is 24.2 Å². The van der Waals surface area contributed by atoms with Gasteiger partial charge in [0, 0.05) is 37.4 Å².